The van der Waals surface area contributed by atoms with E-state index >= 15 is 0 Å². The maximum Gasteiger partial charge on any atom is 0.247 e. The van der Waals surface area contributed by atoms with Crippen molar-refractivity contribution >= 4 is 33.4 Å². The number of fused-ring (bicyclic) bond motifs is 3. The van der Waals surface area contributed by atoms with Gasteiger partial charge >= 0.3 is 0 Å². The molecule has 25 heavy (non-hydrogen) atoms. The lowest BCUT2D eigenvalue weighted by Gasteiger charge is -2.29. The van der Waals surface area contributed by atoms with Crippen molar-refractivity contribution in [1.82, 2.24) is 15.2 Å². The standard InChI is InChI=1S/C18H19BrN4OS/c1-10-3-5-11(6-4-10)16-20-14-8-7-12(19)9-13(14)15-17(24-16)21-18(25-2)23-22-15/h3,7-9,11,16,20H,4-6H2,1-2H3/t11-,16+/m1/s1. The molecule has 1 aliphatic carbocycles. The summed E-state index contributed by atoms with van der Waals surface area (Å²) >= 11 is 5.01. The molecule has 0 fully saturated rings. The third-order valence-electron chi connectivity index (χ3n) is 4.70. The molecule has 0 saturated heterocycles. The molecule has 2 aromatic rings. The fraction of sp³-hybridized carbons (Fsp3) is 0.389. The zero-order chi connectivity index (χ0) is 17.4. The van der Waals surface area contributed by atoms with Gasteiger partial charge < -0.3 is 10.1 Å². The smallest absolute Gasteiger partial charge is 0.247 e. The molecule has 0 spiro atoms. The van der Waals surface area contributed by atoms with Crippen molar-refractivity contribution in [2.75, 3.05) is 11.6 Å². The third-order valence-corrected chi connectivity index (χ3v) is 5.73. The molecule has 4 rings (SSSR count). The SMILES string of the molecule is CSc1nnc2c(n1)O[C@@H]([C@@H]1CC=C(C)CC1)Nc1ccc(Br)cc1-2. The van der Waals surface area contributed by atoms with E-state index in [1.54, 1.807) is 0 Å². The van der Waals surface area contributed by atoms with Gasteiger partial charge in [0, 0.05) is 21.6 Å². The Morgan fingerprint density at radius 1 is 1.32 bits per heavy atom. The number of nitrogens with one attached hydrogen (secondary N) is 1. The summed E-state index contributed by atoms with van der Waals surface area (Å²) in [6.07, 6.45) is 7.36. The highest BCUT2D eigenvalue weighted by atomic mass is 79.9. The molecule has 2 heterocycles. The quantitative estimate of drug-likeness (QED) is 0.552. The van der Waals surface area contributed by atoms with Gasteiger partial charge in [0.05, 0.1) is 0 Å². The van der Waals surface area contributed by atoms with Crippen molar-refractivity contribution in [2.24, 2.45) is 5.92 Å². The molecule has 0 unspecified atom stereocenters. The van der Waals surface area contributed by atoms with E-state index in [1.807, 2.05) is 18.4 Å². The lowest BCUT2D eigenvalue weighted by Crippen LogP contribution is -2.35. The summed E-state index contributed by atoms with van der Waals surface area (Å²) in [4.78, 5) is 4.58. The van der Waals surface area contributed by atoms with E-state index in [1.165, 1.54) is 17.3 Å². The Kier molecular flexibility index (Phi) is 4.69. The Morgan fingerprint density at radius 2 is 2.20 bits per heavy atom. The molecule has 0 saturated carbocycles. The highest BCUT2D eigenvalue weighted by Crippen LogP contribution is 2.40. The second kappa shape index (κ2) is 6.96. The summed E-state index contributed by atoms with van der Waals surface area (Å²) < 4.78 is 7.30. The first-order valence-corrected chi connectivity index (χ1v) is 10.3. The Hall–Kier alpha value is -1.60. The molecule has 1 aliphatic heterocycles. The predicted octanol–water partition coefficient (Wildman–Crippen LogP) is 4.90. The van der Waals surface area contributed by atoms with Crippen LogP contribution in [0.2, 0.25) is 0 Å². The molecule has 1 aromatic heterocycles. The van der Waals surface area contributed by atoms with Crippen LogP contribution < -0.4 is 10.1 Å². The van der Waals surface area contributed by atoms with Crippen molar-refractivity contribution in [2.45, 2.75) is 37.6 Å². The number of thioether (sulfide) groups is 1. The van der Waals surface area contributed by atoms with Crippen LogP contribution >= 0.6 is 27.7 Å². The second-order valence-corrected chi connectivity index (χ2v) is 8.10. The zero-order valence-electron chi connectivity index (χ0n) is 14.1. The highest BCUT2D eigenvalue weighted by Gasteiger charge is 2.31. The minimum atomic E-state index is -0.128. The van der Waals surface area contributed by atoms with Gasteiger partial charge in [-0.1, -0.05) is 39.3 Å². The van der Waals surface area contributed by atoms with Gasteiger partial charge in [-0.3, -0.25) is 0 Å². The summed E-state index contributed by atoms with van der Waals surface area (Å²) in [5.74, 6) is 0.957. The van der Waals surface area contributed by atoms with Crippen LogP contribution in [0, 0.1) is 5.92 Å². The van der Waals surface area contributed by atoms with E-state index in [0.29, 0.717) is 22.6 Å². The van der Waals surface area contributed by atoms with Gasteiger partial charge in [-0.2, -0.15) is 4.98 Å². The van der Waals surface area contributed by atoms with Crippen molar-refractivity contribution in [3.05, 3.63) is 34.3 Å². The normalized spacial score (nSPS) is 22.0. The second-order valence-electron chi connectivity index (χ2n) is 6.41. The molecule has 7 heteroatoms. The number of ether oxygens (including phenoxy) is 1. The van der Waals surface area contributed by atoms with Crippen LogP contribution in [0.5, 0.6) is 5.88 Å². The van der Waals surface area contributed by atoms with E-state index in [9.17, 15) is 0 Å². The number of hydrogen-bond donors (Lipinski definition) is 1. The van der Waals surface area contributed by atoms with Gasteiger partial charge in [0.15, 0.2) is 11.9 Å². The predicted molar refractivity (Wildman–Crippen MR) is 104 cm³/mol. The van der Waals surface area contributed by atoms with Crippen molar-refractivity contribution in [3.8, 4) is 17.1 Å². The molecule has 2 atom stereocenters. The fourth-order valence-electron chi connectivity index (χ4n) is 3.25. The van der Waals surface area contributed by atoms with Crippen LogP contribution in [0.25, 0.3) is 11.3 Å². The van der Waals surface area contributed by atoms with Gasteiger partial charge in [0.1, 0.15) is 0 Å². The van der Waals surface area contributed by atoms with E-state index in [2.05, 4.69) is 55.5 Å². The van der Waals surface area contributed by atoms with Gasteiger partial charge in [0.2, 0.25) is 11.0 Å². The number of hydrogen-bond acceptors (Lipinski definition) is 6. The van der Waals surface area contributed by atoms with Gasteiger partial charge in [0.25, 0.3) is 0 Å². The molecule has 5 nitrogen and oxygen atoms in total. The van der Waals surface area contributed by atoms with Crippen LogP contribution in [-0.2, 0) is 0 Å². The van der Waals surface area contributed by atoms with E-state index < -0.39 is 0 Å². The van der Waals surface area contributed by atoms with Crippen molar-refractivity contribution < 1.29 is 4.74 Å². The van der Waals surface area contributed by atoms with Crippen LogP contribution in [0.1, 0.15) is 26.2 Å². The molecular weight excluding hydrogens is 400 g/mol. The molecule has 1 aromatic carbocycles. The third kappa shape index (κ3) is 3.40. The number of nitrogens with zero attached hydrogens (tertiary/aromatic N) is 3. The van der Waals surface area contributed by atoms with Crippen LogP contribution in [-0.4, -0.2) is 27.7 Å². The molecule has 0 bridgehead atoms. The Balaban J connectivity index is 1.78. The number of rotatable bonds is 2. The van der Waals surface area contributed by atoms with Crippen LogP contribution in [0.3, 0.4) is 0 Å². The fourth-order valence-corrected chi connectivity index (χ4v) is 3.91. The monoisotopic (exact) mass is 418 g/mol. The number of allylic oxidation sites excluding steroid dienone is 2. The Bertz CT molecular complexity index is 842. The van der Waals surface area contributed by atoms with Gasteiger partial charge in [-0.05, 0) is 50.6 Å². The topological polar surface area (TPSA) is 59.9 Å². The minimum absolute atomic E-state index is 0.128. The summed E-state index contributed by atoms with van der Waals surface area (Å²) in [7, 11) is 0. The molecule has 0 radical (unpaired) electrons. The summed E-state index contributed by atoms with van der Waals surface area (Å²) in [5.41, 5.74) is 4.11. The van der Waals surface area contributed by atoms with Crippen LogP contribution in [0.15, 0.2) is 39.5 Å². The lowest BCUT2D eigenvalue weighted by molar-refractivity contribution is 0.145. The first-order valence-electron chi connectivity index (χ1n) is 8.31. The molecule has 2 aliphatic rings. The Labute approximate surface area is 159 Å². The molecule has 130 valence electrons. The van der Waals surface area contributed by atoms with Gasteiger partial charge in [-0.25, -0.2) is 0 Å². The average Bonchev–Trinajstić information content (AvgIpc) is 2.78. The lowest BCUT2D eigenvalue weighted by atomic mass is 9.89. The first-order chi connectivity index (χ1) is 12.1. The number of anilines is 1. The summed E-state index contributed by atoms with van der Waals surface area (Å²) in [5, 5.41) is 12.8. The van der Waals surface area contributed by atoms with E-state index in [0.717, 1.165) is 35.0 Å². The first kappa shape index (κ1) is 16.8. The highest BCUT2D eigenvalue weighted by molar-refractivity contribution is 9.10. The summed E-state index contributed by atoms with van der Waals surface area (Å²) in [6, 6.07) is 6.11. The maximum absolute atomic E-state index is 6.31. The van der Waals surface area contributed by atoms with E-state index in [-0.39, 0.29) is 6.23 Å². The Morgan fingerprint density at radius 3 is 2.96 bits per heavy atom. The summed E-state index contributed by atoms with van der Waals surface area (Å²) in [6.45, 7) is 2.20. The number of aromatic nitrogens is 3. The largest absolute Gasteiger partial charge is 0.452 e. The van der Waals surface area contributed by atoms with Crippen molar-refractivity contribution in [1.29, 1.82) is 0 Å². The minimum Gasteiger partial charge on any atom is -0.452 e. The number of halogens is 1. The molecular formula is C18H19BrN4OS. The molecule has 1 N–H and O–H groups in total. The van der Waals surface area contributed by atoms with Crippen LogP contribution in [0.4, 0.5) is 5.69 Å². The molecule has 0 amide bonds. The average molecular weight is 419 g/mol. The van der Waals surface area contributed by atoms with Gasteiger partial charge in [-0.15, -0.1) is 10.2 Å². The van der Waals surface area contributed by atoms with E-state index in [4.69, 9.17) is 4.74 Å². The zero-order valence-corrected chi connectivity index (χ0v) is 16.5. The number of benzene rings is 1. The van der Waals surface area contributed by atoms with Crippen molar-refractivity contribution in [3.63, 3.8) is 0 Å². The maximum atomic E-state index is 6.31.